The van der Waals surface area contributed by atoms with Crippen LogP contribution in [0.4, 0.5) is 13.2 Å². The summed E-state index contributed by atoms with van der Waals surface area (Å²) in [4.78, 5) is 18.2. The third kappa shape index (κ3) is 4.39. The zero-order valence-electron chi connectivity index (χ0n) is 18.2. The predicted octanol–water partition coefficient (Wildman–Crippen LogP) is 5.41. The Hall–Kier alpha value is -3.88. The summed E-state index contributed by atoms with van der Waals surface area (Å²) in [6.45, 7) is 1.91. The molecule has 0 saturated heterocycles. The van der Waals surface area contributed by atoms with Gasteiger partial charge < -0.3 is 9.64 Å². The molecule has 0 saturated carbocycles. The van der Waals surface area contributed by atoms with Crippen LogP contribution in [0.5, 0.6) is 5.75 Å². The molecule has 1 N–H and O–H groups in total. The summed E-state index contributed by atoms with van der Waals surface area (Å²) < 4.78 is 45.1. The van der Waals surface area contributed by atoms with E-state index in [0.29, 0.717) is 27.9 Å². The number of ether oxygens (including phenoxy) is 1. The standard InChI is InChI=1S/C24H21F3N4O2/c1-4-33-20-12-17(24(25,26)27)8-9-18(20)21-19-11-16(13-28-22(19)30-29-21)14-6-5-7-15(10-14)23(32)31(2)3/h5-13H,4H2,1-3H3,(H,28,29,30). The number of rotatable bonds is 5. The maximum atomic E-state index is 13.2. The minimum absolute atomic E-state index is 0.0989. The van der Waals surface area contributed by atoms with Gasteiger partial charge in [-0.25, -0.2) is 4.98 Å². The monoisotopic (exact) mass is 454 g/mol. The van der Waals surface area contributed by atoms with Gasteiger partial charge in [-0.3, -0.25) is 9.89 Å². The van der Waals surface area contributed by atoms with Gasteiger partial charge in [-0.1, -0.05) is 12.1 Å². The molecule has 2 aromatic carbocycles. The van der Waals surface area contributed by atoms with E-state index in [1.165, 1.54) is 11.0 Å². The minimum Gasteiger partial charge on any atom is -0.493 e. The lowest BCUT2D eigenvalue weighted by Gasteiger charge is -2.13. The molecule has 2 aromatic heterocycles. The topological polar surface area (TPSA) is 71.1 Å². The molecule has 0 aliphatic heterocycles. The molecule has 4 rings (SSSR count). The molecule has 0 spiro atoms. The number of nitrogens with one attached hydrogen (secondary N) is 1. The highest BCUT2D eigenvalue weighted by Gasteiger charge is 2.31. The molecule has 1 amide bonds. The van der Waals surface area contributed by atoms with Crippen LogP contribution in [0, 0.1) is 0 Å². The summed E-state index contributed by atoms with van der Waals surface area (Å²) in [5.74, 6) is -0.0251. The van der Waals surface area contributed by atoms with Crippen molar-refractivity contribution in [2.24, 2.45) is 0 Å². The molecular formula is C24H21F3N4O2. The lowest BCUT2D eigenvalue weighted by molar-refractivity contribution is -0.137. The van der Waals surface area contributed by atoms with Gasteiger partial charge in [-0.05, 0) is 48.9 Å². The van der Waals surface area contributed by atoms with Crippen LogP contribution in [0.25, 0.3) is 33.4 Å². The Labute approximate surface area is 188 Å². The second kappa shape index (κ2) is 8.57. The summed E-state index contributed by atoms with van der Waals surface area (Å²) >= 11 is 0. The van der Waals surface area contributed by atoms with Crippen molar-refractivity contribution in [3.8, 4) is 28.1 Å². The van der Waals surface area contributed by atoms with E-state index in [1.54, 1.807) is 45.4 Å². The van der Waals surface area contributed by atoms with Crippen molar-refractivity contribution in [3.63, 3.8) is 0 Å². The average molecular weight is 454 g/mol. The second-order valence-corrected chi connectivity index (χ2v) is 7.62. The van der Waals surface area contributed by atoms with Crippen LogP contribution >= 0.6 is 0 Å². The fourth-order valence-corrected chi connectivity index (χ4v) is 3.53. The van der Waals surface area contributed by atoms with E-state index in [9.17, 15) is 18.0 Å². The fraction of sp³-hybridized carbons (Fsp3) is 0.208. The highest BCUT2D eigenvalue weighted by Crippen LogP contribution is 2.39. The maximum absolute atomic E-state index is 13.2. The fourth-order valence-electron chi connectivity index (χ4n) is 3.53. The van der Waals surface area contributed by atoms with Crippen molar-refractivity contribution in [2.75, 3.05) is 20.7 Å². The van der Waals surface area contributed by atoms with Crippen molar-refractivity contribution in [1.29, 1.82) is 0 Å². The largest absolute Gasteiger partial charge is 0.493 e. The number of aromatic nitrogens is 3. The van der Waals surface area contributed by atoms with Gasteiger partial charge in [0.25, 0.3) is 5.91 Å². The van der Waals surface area contributed by atoms with Crippen LogP contribution in [0.3, 0.4) is 0 Å². The van der Waals surface area contributed by atoms with E-state index >= 15 is 0 Å². The molecule has 0 radical (unpaired) electrons. The van der Waals surface area contributed by atoms with Gasteiger partial charge in [0.1, 0.15) is 5.75 Å². The van der Waals surface area contributed by atoms with Crippen LogP contribution in [-0.2, 0) is 6.18 Å². The molecule has 0 aliphatic carbocycles. The molecule has 0 fully saturated rings. The summed E-state index contributed by atoms with van der Waals surface area (Å²) in [7, 11) is 3.36. The number of alkyl halides is 3. The van der Waals surface area contributed by atoms with Crippen LogP contribution in [0.2, 0.25) is 0 Å². The van der Waals surface area contributed by atoms with Crippen molar-refractivity contribution in [1.82, 2.24) is 20.1 Å². The van der Waals surface area contributed by atoms with Crippen molar-refractivity contribution >= 4 is 16.9 Å². The predicted molar refractivity (Wildman–Crippen MR) is 119 cm³/mol. The first-order valence-electron chi connectivity index (χ1n) is 10.2. The van der Waals surface area contributed by atoms with E-state index in [1.807, 2.05) is 12.1 Å². The van der Waals surface area contributed by atoms with Crippen molar-refractivity contribution < 1.29 is 22.7 Å². The van der Waals surface area contributed by atoms with Gasteiger partial charge >= 0.3 is 6.18 Å². The minimum atomic E-state index is -4.48. The maximum Gasteiger partial charge on any atom is 0.416 e. The van der Waals surface area contributed by atoms with E-state index in [4.69, 9.17) is 4.74 Å². The van der Waals surface area contributed by atoms with Crippen LogP contribution in [-0.4, -0.2) is 46.7 Å². The zero-order valence-corrected chi connectivity index (χ0v) is 18.2. The first-order chi connectivity index (χ1) is 15.7. The number of H-pyrrole nitrogens is 1. The zero-order chi connectivity index (χ0) is 23.8. The molecule has 2 heterocycles. The molecule has 33 heavy (non-hydrogen) atoms. The van der Waals surface area contributed by atoms with Crippen molar-refractivity contribution in [2.45, 2.75) is 13.1 Å². The first kappa shape index (κ1) is 22.3. The van der Waals surface area contributed by atoms with E-state index in [0.717, 1.165) is 23.3 Å². The summed E-state index contributed by atoms with van der Waals surface area (Å²) in [5.41, 5.74) is 2.62. The number of pyridine rings is 1. The van der Waals surface area contributed by atoms with Gasteiger partial charge in [0.05, 0.1) is 17.9 Å². The Morgan fingerprint density at radius 2 is 1.88 bits per heavy atom. The third-order valence-corrected chi connectivity index (χ3v) is 5.14. The van der Waals surface area contributed by atoms with E-state index < -0.39 is 11.7 Å². The summed E-state index contributed by atoms with van der Waals surface area (Å²) in [5, 5.41) is 7.70. The number of aromatic amines is 1. The molecule has 4 aromatic rings. The molecule has 0 unspecified atom stereocenters. The Bertz CT molecular complexity index is 1330. The number of halogens is 3. The Balaban J connectivity index is 1.82. The SMILES string of the molecule is CCOc1cc(C(F)(F)F)ccc1-c1[nH]nc2ncc(-c3cccc(C(=O)N(C)C)c3)cc12. The van der Waals surface area contributed by atoms with Gasteiger partial charge in [-0.2, -0.15) is 18.3 Å². The molecule has 0 atom stereocenters. The molecular weight excluding hydrogens is 433 g/mol. The van der Waals surface area contributed by atoms with Crippen LogP contribution in [0.15, 0.2) is 54.7 Å². The second-order valence-electron chi connectivity index (χ2n) is 7.62. The van der Waals surface area contributed by atoms with Gasteiger partial charge in [0.2, 0.25) is 0 Å². The highest BCUT2D eigenvalue weighted by molar-refractivity contribution is 5.97. The van der Waals surface area contributed by atoms with E-state index in [-0.39, 0.29) is 18.3 Å². The molecule has 0 bridgehead atoms. The number of benzene rings is 2. The van der Waals surface area contributed by atoms with Gasteiger partial charge in [0.15, 0.2) is 5.65 Å². The van der Waals surface area contributed by atoms with E-state index in [2.05, 4.69) is 15.2 Å². The summed E-state index contributed by atoms with van der Waals surface area (Å²) in [6, 6.07) is 12.4. The average Bonchev–Trinajstić information content (AvgIpc) is 3.21. The molecule has 170 valence electrons. The van der Waals surface area contributed by atoms with Crippen molar-refractivity contribution in [3.05, 3.63) is 65.9 Å². The molecule has 0 aliphatic rings. The first-order valence-corrected chi connectivity index (χ1v) is 10.2. The number of carbonyl (C=O) groups is 1. The number of hydrogen-bond donors (Lipinski definition) is 1. The number of fused-ring (bicyclic) bond motifs is 1. The number of amides is 1. The summed E-state index contributed by atoms with van der Waals surface area (Å²) in [6.07, 6.45) is -2.84. The number of hydrogen-bond acceptors (Lipinski definition) is 4. The molecule has 9 heteroatoms. The quantitative estimate of drug-likeness (QED) is 0.438. The Morgan fingerprint density at radius 3 is 2.58 bits per heavy atom. The smallest absolute Gasteiger partial charge is 0.416 e. The molecule has 6 nitrogen and oxygen atoms in total. The van der Waals surface area contributed by atoms with Crippen LogP contribution < -0.4 is 4.74 Å². The van der Waals surface area contributed by atoms with Gasteiger partial charge in [0, 0.05) is 42.4 Å². The van der Waals surface area contributed by atoms with Gasteiger partial charge in [-0.15, -0.1) is 0 Å². The normalized spacial score (nSPS) is 11.6. The Morgan fingerprint density at radius 1 is 1.09 bits per heavy atom. The number of nitrogens with zero attached hydrogens (tertiary/aromatic N) is 3. The number of carbonyl (C=O) groups excluding carboxylic acids is 1. The lowest BCUT2D eigenvalue weighted by atomic mass is 10.0. The van der Waals surface area contributed by atoms with Crippen LogP contribution in [0.1, 0.15) is 22.8 Å². The lowest BCUT2D eigenvalue weighted by Crippen LogP contribution is -2.21. The Kier molecular flexibility index (Phi) is 5.80. The highest BCUT2D eigenvalue weighted by atomic mass is 19.4. The third-order valence-electron chi connectivity index (χ3n) is 5.14.